The average molecular weight is 345 g/mol. The molecule has 108 valence electrons. The minimum atomic E-state index is -1.16. The first-order valence-electron chi connectivity index (χ1n) is 5.94. The molecule has 1 saturated heterocycles. The summed E-state index contributed by atoms with van der Waals surface area (Å²) in [6.45, 7) is -0.378. The highest BCUT2D eigenvalue weighted by Crippen LogP contribution is 2.36. The van der Waals surface area contributed by atoms with Gasteiger partial charge in [0, 0.05) is 10.7 Å². The summed E-state index contributed by atoms with van der Waals surface area (Å²) in [4.78, 5) is 0. The third-order valence-corrected chi connectivity index (χ3v) is 4.02. The summed E-state index contributed by atoms with van der Waals surface area (Å²) in [5.74, 6) is 0.250. The molecule has 0 radical (unpaired) electrons. The lowest BCUT2D eigenvalue weighted by Gasteiger charge is -2.17. The summed E-state index contributed by atoms with van der Waals surface area (Å²) in [6, 6.07) is 0. The normalized spacial score (nSPS) is 30.2. The number of aromatic nitrogens is 3. The quantitative estimate of drug-likeness (QED) is 0.572. The Bertz CT molecular complexity index is 649. The van der Waals surface area contributed by atoms with Gasteiger partial charge in [-0.15, -0.1) is 5.10 Å². The van der Waals surface area contributed by atoms with E-state index in [4.69, 9.17) is 15.6 Å². The van der Waals surface area contributed by atoms with Gasteiger partial charge in [-0.05, 0) is 15.9 Å². The molecular weight excluding hydrogens is 332 g/mol. The van der Waals surface area contributed by atoms with Crippen LogP contribution in [0.1, 0.15) is 6.23 Å². The number of halogens is 1. The van der Waals surface area contributed by atoms with Gasteiger partial charge in [0.25, 0.3) is 0 Å². The number of rotatable bonds is 2. The van der Waals surface area contributed by atoms with E-state index in [1.54, 1.807) is 10.8 Å². The van der Waals surface area contributed by atoms with E-state index in [-0.39, 0.29) is 12.4 Å². The number of nitrogens with two attached hydrogens (primary N) is 1. The van der Waals surface area contributed by atoms with E-state index in [2.05, 4.69) is 26.1 Å². The zero-order valence-corrected chi connectivity index (χ0v) is 11.8. The largest absolute Gasteiger partial charge is 0.394 e. The van der Waals surface area contributed by atoms with Gasteiger partial charge in [-0.1, -0.05) is 0 Å². The molecule has 1 aliphatic heterocycles. The molecule has 0 bridgehead atoms. The fourth-order valence-electron chi connectivity index (χ4n) is 2.41. The van der Waals surface area contributed by atoms with Gasteiger partial charge in [0.1, 0.15) is 18.3 Å². The Kier molecular flexibility index (Phi) is 3.38. The summed E-state index contributed by atoms with van der Waals surface area (Å²) >= 11 is 3.37. The van der Waals surface area contributed by atoms with Gasteiger partial charge in [0.05, 0.1) is 23.7 Å². The number of hydrogen-bond donors (Lipinski definition) is 4. The van der Waals surface area contributed by atoms with Gasteiger partial charge in [-0.3, -0.25) is 0 Å². The lowest BCUT2D eigenvalue weighted by atomic mass is 10.1. The van der Waals surface area contributed by atoms with Crippen LogP contribution in [0.25, 0.3) is 10.9 Å². The molecule has 8 nitrogen and oxygen atoms in total. The molecule has 0 aromatic carbocycles. The topological polar surface area (TPSA) is 127 Å². The summed E-state index contributed by atoms with van der Waals surface area (Å²) in [7, 11) is 0. The number of nitrogen functional groups attached to an aromatic ring is 1. The average Bonchev–Trinajstić information content (AvgIpc) is 2.90. The summed E-state index contributed by atoms with van der Waals surface area (Å²) in [5, 5.41) is 37.2. The minimum absolute atomic E-state index is 0.250. The van der Waals surface area contributed by atoms with Crippen LogP contribution in [0.5, 0.6) is 0 Å². The second kappa shape index (κ2) is 4.93. The third-order valence-electron chi connectivity index (χ3n) is 3.42. The van der Waals surface area contributed by atoms with Crippen molar-refractivity contribution in [1.29, 1.82) is 0 Å². The Balaban J connectivity index is 2.10. The SMILES string of the molecule is Nc1nncc2c1c(Br)cn2[C@@H]1O[C@H](CO)[C@@H](O)[C@H]1O. The second-order valence-electron chi connectivity index (χ2n) is 4.60. The van der Waals surface area contributed by atoms with E-state index in [0.29, 0.717) is 15.4 Å². The van der Waals surface area contributed by atoms with E-state index in [0.717, 1.165) is 0 Å². The van der Waals surface area contributed by atoms with Crippen LogP contribution in [0.2, 0.25) is 0 Å². The standard InChI is InChI=1S/C11H13BrN4O4/c12-4-2-16(5-1-14-15-10(13)7(4)5)11-9(19)8(18)6(3-17)20-11/h1-2,6,8-9,11,17-19H,3H2,(H2,13,15)/t6-,8-,9-,11-/m1/s1. The highest BCUT2D eigenvalue weighted by atomic mass is 79.9. The van der Waals surface area contributed by atoms with Crippen LogP contribution in [0.3, 0.4) is 0 Å². The minimum Gasteiger partial charge on any atom is -0.394 e. The zero-order chi connectivity index (χ0) is 14.4. The maximum atomic E-state index is 10.1. The monoisotopic (exact) mass is 344 g/mol. The van der Waals surface area contributed by atoms with Crippen LogP contribution in [0.15, 0.2) is 16.9 Å². The van der Waals surface area contributed by atoms with Gasteiger partial charge in [-0.25, -0.2) is 0 Å². The van der Waals surface area contributed by atoms with Crippen molar-refractivity contribution in [3.63, 3.8) is 0 Å². The Morgan fingerprint density at radius 1 is 1.40 bits per heavy atom. The van der Waals surface area contributed by atoms with Gasteiger partial charge >= 0.3 is 0 Å². The number of aliphatic hydroxyl groups excluding tert-OH is 3. The smallest absolute Gasteiger partial charge is 0.163 e. The molecule has 0 amide bonds. The molecule has 3 heterocycles. The molecule has 0 spiro atoms. The van der Waals surface area contributed by atoms with E-state index in [1.165, 1.54) is 6.20 Å². The second-order valence-corrected chi connectivity index (χ2v) is 5.46. The Labute approximate surface area is 121 Å². The predicted molar refractivity (Wildman–Crippen MR) is 72.6 cm³/mol. The van der Waals surface area contributed by atoms with Crippen LogP contribution < -0.4 is 5.73 Å². The van der Waals surface area contributed by atoms with E-state index < -0.39 is 24.5 Å². The lowest BCUT2D eigenvalue weighted by molar-refractivity contribution is -0.0506. The van der Waals surface area contributed by atoms with E-state index in [9.17, 15) is 10.2 Å². The Morgan fingerprint density at radius 3 is 2.80 bits per heavy atom. The Morgan fingerprint density at radius 2 is 2.15 bits per heavy atom. The number of anilines is 1. The van der Waals surface area contributed by atoms with Crippen LogP contribution in [0, 0.1) is 0 Å². The van der Waals surface area contributed by atoms with Crippen molar-refractivity contribution in [1.82, 2.24) is 14.8 Å². The van der Waals surface area contributed by atoms with Crippen LogP contribution in [0.4, 0.5) is 5.82 Å². The van der Waals surface area contributed by atoms with Gasteiger partial charge in [0.15, 0.2) is 12.0 Å². The maximum absolute atomic E-state index is 10.1. The molecule has 0 saturated carbocycles. The van der Waals surface area contributed by atoms with Crippen LogP contribution in [-0.2, 0) is 4.74 Å². The molecule has 9 heteroatoms. The maximum Gasteiger partial charge on any atom is 0.163 e. The third kappa shape index (κ3) is 1.90. The molecule has 2 aromatic rings. The van der Waals surface area contributed by atoms with Gasteiger partial charge in [0.2, 0.25) is 0 Å². The van der Waals surface area contributed by atoms with Crippen LogP contribution >= 0.6 is 15.9 Å². The zero-order valence-electron chi connectivity index (χ0n) is 10.2. The number of hydrogen-bond acceptors (Lipinski definition) is 7. The van der Waals surface area contributed by atoms with Crippen molar-refractivity contribution in [2.45, 2.75) is 24.5 Å². The number of aliphatic hydroxyl groups is 3. The molecule has 3 rings (SSSR count). The van der Waals surface area contributed by atoms with Crippen molar-refractivity contribution in [3.8, 4) is 0 Å². The first kappa shape index (κ1) is 13.7. The number of ether oxygens (including phenoxy) is 1. The molecule has 5 N–H and O–H groups in total. The van der Waals surface area contributed by atoms with E-state index in [1.807, 2.05) is 0 Å². The number of nitrogens with zero attached hydrogens (tertiary/aromatic N) is 3. The van der Waals surface area contributed by atoms with Crippen molar-refractivity contribution < 1.29 is 20.1 Å². The number of fused-ring (bicyclic) bond motifs is 1. The predicted octanol–water partition coefficient (Wildman–Crippen LogP) is -0.613. The van der Waals surface area contributed by atoms with Gasteiger partial charge < -0.3 is 30.4 Å². The molecule has 2 aromatic heterocycles. The van der Waals surface area contributed by atoms with Crippen molar-refractivity contribution in [2.75, 3.05) is 12.3 Å². The fraction of sp³-hybridized carbons (Fsp3) is 0.455. The van der Waals surface area contributed by atoms with E-state index >= 15 is 0 Å². The first-order valence-corrected chi connectivity index (χ1v) is 6.73. The van der Waals surface area contributed by atoms with Gasteiger partial charge in [-0.2, -0.15) is 5.10 Å². The van der Waals surface area contributed by atoms with Crippen LogP contribution in [-0.4, -0.2) is 55.0 Å². The van der Waals surface area contributed by atoms with Crippen molar-refractivity contribution in [3.05, 3.63) is 16.9 Å². The highest BCUT2D eigenvalue weighted by molar-refractivity contribution is 9.10. The van der Waals surface area contributed by atoms with Crippen molar-refractivity contribution >= 4 is 32.7 Å². The molecule has 0 unspecified atom stereocenters. The summed E-state index contributed by atoms with van der Waals surface area (Å²) < 4.78 is 7.77. The molecular formula is C11H13BrN4O4. The summed E-state index contributed by atoms with van der Waals surface area (Å²) in [6.07, 6.45) is -0.828. The fourth-order valence-corrected chi connectivity index (χ4v) is 3.04. The summed E-state index contributed by atoms with van der Waals surface area (Å²) in [5.41, 5.74) is 6.39. The Hall–Kier alpha value is -1.26. The lowest BCUT2D eigenvalue weighted by Crippen LogP contribution is -2.33. The molecule has 1 aliphatic rings. The van der Waals surface area contributed by atoms with Crippen molar-refractivity contribution in [2.24, 2.45) is 0 Å². The molecule has 1 fully saturated rings. The first-order chi connectivity index (χ1) is 9.54. The molecule has 4 atom stereocenters. The highest BCUT2D eigenvalue weighted by Gasteiger charge is 2.43. The molecule has 20 heavy (non-hydrogen) atoms. The molecule has 0 aliphatic carbocycles.